The predicted octanol–water partition coefficient (Wildman–Crippen LogP) is 4.78. The van der Waals surface area contributed by atoms with Gasteiger partial charge in [-0.15, -0.1) is 0 Å². The van der Waals surface area contributed by atoms with Crippen LogP contribution in [0.15, 0.2) is 66.4 Å². The highest BCUT2D eigenvalue weighted by Crippen LogP contribution is 2.38. The Morgan fingerprint density at radius 1 is 0.788 bits per heavy atom. The molecule has 1 N–H and O–H groups in total. The number of aryl methyl sites for hydroxylation is 3. The molecule has 6 heteroatoms. The van der Waals surface area contributed by atoms with E-state index >= 15 is 0 Å². The Morgan fingerprint density at radius 3 is 2.30 bits per heavy atom. The molecule has 6 nitrogen and oxygen atoms in total. The Bertz CT molecular complexity index is 1330. The number of fused-ring (bicyclic) bond motifs is 1. The molecular weight excluding hydrogens is 416 g/mol. The van der Waals surface area contributed by atoms with Gasteiger partial charge in [-0.25, -0.2) is 4.90 Å². The van der Waals surface area contributed by atoms with Crippen molar-refractivity contribution in [2.24, 2.45) is 0 Å². The highest BCUT2D eigenvalue weighted by Gasteiger charge is 2.41. The number of carbonyl (C=O) groups is 2. The van der Waals surface area contributed by atoms with Gasteiger partial charge in [0.05, 0.1) is 11.3 Å². The van der Waals surface area contributed by atoms with Crippen LogP contribution < -0.4 is 19.7 Å². The SMILES string of the molecule is Cc1ccc(C2=C(Nc3ccc4c(c3)OCCO4)C(=O)N(c3ccccc3C)C2=O)c(C)c1. The molecule has 0 radical (unpaired) electrons. The maximum atomic E-state index is 13.7. The van der Waals surface area contributed by atoms with E-state index in [-0.39, 0.29) is 17.5 Å². The van der Waals surface area contributed by atoms with Gasteiger partial charge in [-0.05, 0) is 55.7 Å². The van der Waals surface area contributed by atoms with Gasteiger partial charge in [0.15, 0.2) is 11.5 Å². The van der Waals surface area contributed by atoms with Gasteiger partial charge in [0.25, 0.3) is 11.8 Å². The van der Waals surface area contributed by atoms with Crippen LogP contribution in [0.5, 0.6) is 11.5 Å². The Labute approximate surface area is 192 Å². The van der Waals surface area contributed by atoms with Crippen molar-refractivity contribution in [1.82, 2.24) is 0 Å². The summed E-state index contributed by atoms with van der Waals surface area (Å²) in [6, 6.07) is 18.7. The summed E-state index contributed by atoms with van der Waals surface area (Å²) < 4.78 is 11.3. The Hall–Kier alpha value is -4.06. The minimum atomic E-state index is -0.390. The lowest BCUT2D eigenvalue weighted by atomic mass is 9.97. The van der Waals surface area contributed by atoms with Crippen molar-refractivity contribution < 1.29 is 19.1 Å². The van der Waals surface area contributed by atoms with E-state index in [2.05, 4.69) is 5.32 Å². The molecule has 0 aromatic heterocycles. The van der Waals surface area contributed by atoms with Crippen molar-refractivity contribution in [3.63, 3.8) is 0 Å². The molecule has 0 unspecified atom stereocenters. The minimum absolute atomic E-state index is 0.242. The number of hydrogen-bond acceptors (Lipinski definition) is 5. The summed E-state index contributed by atoms with van der Waals surface area (Å²) in [4.78, 5) is 28.6. The molecule has 2 heterocycles. The first-order valence-corrected chi connectivity index (χ1v) is 10.9. The van der Waals surface area contributed by atoms with E-state index in [0.717, 1.165) is 22.3 Å². The molecule has 2 amide bonds. The minimum Gasteiger partial charge on any atom is -0.486 e. The van der Waals surface area contributed by atoms with Crippen LogP contribution in [0.2, 0.25) is 0 Å². The van der Waals surface area contributed by atoms with Gasteiger partial charge in [-0.3, -0.25) is 9.59 Å². The second-order valence-electron chi connectivity index (χ2n) is 8.28. The number of nitrogens with zero attached hydrogens (tertiary/aromatic N) is 1. The second kappa shape index (κ2) is 8.13. The van der Waals surface area contributed by atoms with Crippen LogP contribution in [-0.4, -0.2) is 25.0 Å². The fraction of sp³-hybridized carbons (Fsp3) is 0.185. The maximum Gasteiger partial charge on any atom is 0.282 e. The summed E-state index contributed by atoms with van der Waals surface area (Å²) in [5, 5.41) is 3.21. The molecule has 0 fully saturated rings. The Balaban J connectivity index is 1.63. The van der Waals surface area contributed by atoms with Gasteiger partial charge in [0.1, 0.15) is 18.9 Å². The van der Waals surface area contributed by atoms with Crippen LogP contribution in [0.1, 0.15) is 22.3 Å². The summed E-state index contributed by atoms with van der Waals surface area (Å²) >= 11 is 0. The van der Waals surface area contributed by atoms with E-state index in [1.54, 1.807) is 18.2 Å². The average Bonchev–Trinajstić information content (AvgIpc) is 3.04. The third-order valence-electron chi connectivity index (χ3n) is 5.90. The summed E-state index contributed by atoms with van der Waals surface area (Å²) in [5.74, 6) is 0.527. The molecule has 3 aromatic carbocycles. The van der Waals surface area contributed by atoms with E-state index in [4.69, 9.17) is 9.47 Å². The number of ether oxygens (including phenoxy) is 2. The number of amides is 2. The number of imide groups is 1. The zero-order chi connectivity index (χ0) is 23.1. The standard InChI is InChI=1S/C27H24N2O4/c1-16-8-10-20(18(3)14-16)24-25(28-19-9-11-22-23(15-19)33-13-12-32-22)27(31)29(26(24)30)21-7-5-4-6-17(21)2/h4-11,14-15,28H,12-13H2,1-3H3. The zero-order valence-electron chi connectivity index (χ0n) is 18.8. The molecular formula is C27H24N2O4. The molecule has 0 atom stereocenters. The number of nitrogens with one attached hydrogen (secondary N) is 1. The van der Waals surface area contributed by atoms with Crippen molar-refractivity contribution in [2.45, 2.75) is 20.8 Å². The van der Waals surface area contributed by atoms with Crippen molar-refractivity contribution in [3.05, 3.63) is 88.6 Å². The van der Waals surface area contributed by atoms with E-state index in [0.29, 0.717) is 41.7 Å². The van der Waals surface area contributed by atoms with E-state index in [1.807, 2.05) is 63.2 Å². The van der Waals surface area contributed by atoms with Crippen LogP contribution in [0.4, 0.5) is 11.4 Å². The van der Waals surface area contributed by atoms with E-state index in [1.165, 1.54) is 4.90 Å². The number of rotatable bonds is 4. The molecule has 0 bridgehead atoms. The van der Waals surface area contributed by atoms with Crippen molar-refractivity contribution >= 4 is 28.8 Å². The monoisotopic (exact) mass is 440 g/mol. The van der Waals surface area contributed by atoms with Crippen LogP contribution in [0, 0.1) is 20.8 Å². The quantitative estimate of drug-likeness (QED) is 0.592. The molecule has 33 heavy (non-hydrogen) atoms. The zero-order valence-corrected chi connectivity index (χ0v) is 18.8. The molecule has 0 aliphatic carbocycles. The van der Waals surface area contributed by atoms with Gasteiger partial charge >= 0.3 is 0 Å². The number of carbonyl (C=O) groups excluding carboxylic acids is 2. The topological polar surface area (TPSA) is 67.9 Å². The fourth-order valence-corrected chi connectivity index (χ4v) is 4.29. The largest absolute Gasteiger partial charge is 0.486 e. The van der Waals surface area contributed by atoms with E-state index < -0.39 is 0 Å². The lowest BCUT2D eigenvalue weighted by molar-refractivity contribution is -0.120. The lowest BCUT2D eigenvalue weighted by Gasteiger charge is -2.20. The summed E-state index contributed by atoms with van der Waals surface area (Å²) in [5.41, 5.74) is 5.42. The number of para-hydroxylation sites is 1. The van der Waals surface area contributed by atoms with E-state index in [9.17, 15) is 9.59 Å². The van der Waals surface area contributed by atoms with Gasteiger partial charge in [-0.1, -0.05) is 42.0 Å². The molecule has 2 aliphatic heterocycles. The van der Waals surface area contributed by atoms with Crippen molar-refractivity contribution in [2.75, 3.05) is 23.4 Å². The fourth-order valence-electron chi connectivity index (χ4n) is 4.29. The second-order valence-corrected chi connectivity index (χ2v) is 8.28. The smallest absolute Gasteiger partial charge is 0.282 e. The van der Waals surface area contributed by atoms with Crippen LogP contribution in [-0.2, 0) is 9.59 Å². The molecule has 0 saturated heterocycles. The molecule has 2 aliphatic rings. The van der Waals surface area contributed by atoms with Crippen molar-refractivity contribution in [3.8, 4) is 11.5 Å². The number of hydrogen-bond donors (Lipinski definition) is 1. The van der Waals surface area contributed by atoms with Crippen LogP contribution >= 0.6 is 0 Å². The first kappa shape index (κ1) is 20.8. The molecule has 3 aromatic rings. The number of benzene rings is 3. The van der Waals surface area contributed by atoms with Gasteiger partial charge in [0.2, 0.25) is 0 Å². The van der Waals surface area contributed by atoms with Gasteiger partial charge in [0, 0.05) is 11.8 Å². The predicted molar refractivity (Wildman–Crippen MR) is 128 cm³/mol. The maximum absolute atomic E-state index is 13.7. The summed E-state index contributed by atoms with van der Waals surface area (Å²) in [7, 11) is 0. The summed E-state index contributed by atoms with van der Waals surface area (Å²) in [6.45, 7) is 6.80. The highest BCUT2D eigenvalue weighted by molar-refractivity contribution is 6.46. The Kier molecular flexibility index (Phi) is 5.13. The summed E-state index contributed by atoms with van der Waals surface area (Å²) in [6.07, 6.45) is 0. The average molecular weight is 440 g/mol. The van der Waals surface area contributed by atoms with Gasteiger partial charge in [-0.2, -0.15) is 0 Å². The number of anilines is 2. The van der Waals surface area contributed by atoms with Crippen LogP contribution in [0.25, 0.3) is 5.57 Å². The Morgan fingerprint density at radius 2 is 1.55 bits per heavy atom. The third kappa shape index (κ3) is 3.63. The first-order chi connectivity index (χ1) is 15.9. The molecule has 166 valence electrons. The highest BCUT2D eigenvalue weighted by atomic mass is 16.6. The molecule has 0 spiro atoms. The molecule has 5 rings (SSSR count). The lowest BCUT2D eigenvalue weighted by Crippen LogP contribution is -2.33. The third-order valence-corrected chi connectivity index (χ3v) is 5.90. The first-order valence-electron chi connectivity index (χ1n) is 10.9. The van der Waals surface area contributed by atoms with Crippen LogP contribution in [0.3, 0.4) is 0 Å². The van der Waals surface area contributed by atoms with Crippen molar-refractivity contribution in [1.29, 1.82) is 0 Å². The molecule has 0 saturated carbocycles. The normalized spacial score (nSPS) is 15.3. The van der Waals surface area contributed by atoms with Gasteiger partial charge < -0.3 is 14.8 Å².